The molecule has 1 aromatic rings. The first-order valence-electron chi connectivity index (χ1n) is 7.38. The van der Waals surface area contributed by atoms with Crippen LogP contribution in [0.3, 0.4) is 0 Å². The van der Waals surface area contributed by atoms with Crippen molar-refractivity contribution in [1.82, 2.24) is 15.2 Å². The summed E-state index contributed by atoms with van der Waals surface area (Å²) in [5.41, 5.74) is 0. The van der Waals surface area contributed by atoms with Crippen molar-refractivity contribution in [3.8, 4) is 0 Å². The number of hydrogen-bond donors (Lipinski definition) is 1. The lowest BCUT2D eigenvalue weighted by Gasteiger charge is -2.27. The Morgan fingerprint density at radius 3 is 2.81 bits per heavy atom. The molecule has 1 N–H and O–H groups in total. The van der Waals surface area contributed by atoms with Gasteiger partial charge in [0.2, 0.25) is 5.95 Å². The van der Waals surface area contributed by atoms with E-state index in [0.29, 0.717) is 24.7 Å². The van der Waals surface area contributed by atoms with Crippen LogP contribution in [0.5, 0.6) is 0 Å². The molecule has 1 aliphatic rings. The van der Waals surface area contributed by atoms with Crippen LogP contribution in [0.2, 0.25) is 0 Å². The number of hydrogen-bond acceptors (Lipinski definition) is 7. The molecule has 0 radical (unpaired) electrons. The molecule has 1 saturated heterocycles. The van der Waals surface area contributed by atoms with Crippen molar-refractivity contribution < 1.29 is 8.42 Å². The monoisotopic (exact) mass is 313 g/mol. The van der Waals surface area contributed by atoms with Crippen molar-refractivity contribution in [2.75, 3.05) is 28.3 Å². The number of anilines is 2. The van der Waals surface area contributed by atoms with Gasteiger partial charge in [-0.2, -0.15) is 10.1 Å². The summed E-state index contributed by atoms with van der Waals surface area (Å²) in [6.07, 6.45) is 3.20. The van der Waals surface area contributed by atoms with Gasteiger partial charge in [-0.3, -0.25) is 0 Å². The standard InChI is InChI=1S/C13H23N5O2S/c1-4-10(3)15-13-16-12(8-14-17-13)18(5-2)11-6-7-21(19,20)9-11/h8,10-11H,4-7,9H2,1-3H3,(H,15,16,17). The number of nitrogens with zero attached hydrogens (tertiary/aromatic N) is 4. The van der Waals surface area contributed by atoms with Gasteiger partial charge < -0.3 is 10.2 Å². The minimum Gasteiger partial charge on any atom is -0.351 e. The Hall–Kier alpha value is -1.44. The average molecular weight is 313 g/mol. The Labute approximate surface area is 126 Å². The average Bonchev–Trinajstić information content (AvgIpc) is 2.80. The Bertz CT molecular complexity index is 578. The van der Waals surface area contributed by atoms with Crippen LogP contribution in [0.1, 0.15) is 33.6 Å². The number of aromatic nitrogens is 3. The fourth-order valence-electron chi connectivity index (χ4n) is 2.45. The molecule has 0 spiro atoms. The lowest BCUT2D eigenvalue weighted by Crippen LogP contribution is -2.37. The van der Waals surface area contributed by atoms with Crippen molar-refractivity contribution in [3.05, 3.63) is 6.20 Å². The predicted octanol–water partition coefficient (Wildman–Crippen LogP) is 1.10. The van der Waals surface area contributed by atoms with Gasteiger partial charge >= 0.3 is 0 Å². The van der Waals surface area contributed by atoms with Crippen LogP contribution in [0.4, 0.5) is 11.8 Å². The minimum absolute atomic E-state index is 0.0202. The maximum Gasteiger partial charge on any atom is 0.244 e. The van der Waals surface area contributed by atoms with Crippen LogP contribution in [-0.2, 0) is 9.84 Å². The molecule has 0 aromatic carbocycles. The summed E-state index contributed by atoms with van der Waals surface area (Å²) >= 11 is 0. The first-order chi connectivity index (χ1) is 9.95. The van der Waals surface area contributed by atoms with E-state index in [0.717, 1.165) is 6.42 Å². The second-order valence-corrected chi connectivity index (χ2v) is 7.66. The van der Waals surface area contributed by atoms with Crippen molar-refractivity contribution in [2.24, 2.45) is 0 Å². The molecule has 2 heterocycles. The first kappa shape index (κ1) is 15.9. The Morgan fingerprint density at radius 1 is 1.48 bits per heavy atom. The van der Waals surface area contributed by atoms with E-state index in [1.165, 1.54) is 0 Å². The zero-order valence-electron chi connectivity index (χ0n) is 12.8. The van der Waals surface area contributed by atoms with E-state index in [9.17, 15) is 8.42 Å². The summed E-state index contributed by atoms with van der Waals surface area (Å²) < 4.78 is 23.3. The van der Waals surface area contributed by atoms with Gasteiger partial charge in [0.1, 0.15) is 0 Å². The van der Waals surface area contributed by atoms with Gasteiger partial charge in [-0.05, 0) is 26.7 Å². The molecule has 2 rings (SSSR count). The molecule has 0 bridgehead atoms. The second kappa shape index (κ2) is 6.55. The normalized spacial score (nSPS) is 22.0. The molecule has 0 saturated carbocycles. The third-order valence-electron chi connectivity index (χ3n) is 3.82. The van der Waals surface area contributed by atoms with Crippen LogP contribution >= 0.6 is 0 Å². The fraction of sp³-hybridized carbons (Fsp3) is 0.769. The van der Waals surface area contributed by atoms with Gasteiger partial charge in [-0.1, -0.05) is 6.92 Å². The SMILES string of the molecule is CCC(C)Nc1nncc(N(CC)C2CCS(=O)(=O)C2)n1. The summed E-state index contributed by atoms with van der Waals surface area (Å²) in [4.78, 5) is 6.47. The summed E-state index contributed by atoms with van der Waals surface area (Å²) in [7, 11) is -2.91. The van der Waals surface area contributed by atoms with Gasteiger partial charge in [-0.25, -0.2) is 8.42 Å². The molecule has 1 aromatic heterocycles. The van der Waals surface area contributed by atoms with E-state index in [-0.39, 0.29) is 23.6 Å². The molecule has 21 heavy (non-hydrogen) atoms. The lowest BCUT2D eigenvalue weighted by molar-refractivity contribution is 0.599. The number of rotatable bonds is 6. The summed E-state index contributed by atoms with van der Waals surface area (Å²) in [6, 6.07) is 0.247. The Morgan fingerprint density at radius 2 is 2.24 bits per heavy atom. The van der Waals surface area contributed by atoms with E-state index in [1.807, 2.05) is 11.8 Å². The van der Waals surface area contributed by atoms with Gasteiger partial charge in [0.25, 0.3) is 0 Å². The third kappa shape index (κ3) is 4.03. The first-order valence-corrected chi connectivity index (χ1v) is 9.20. The summed E-state index contributed by atoms with van der Waals surface area (Å²) in [6.45, 7) is 6.82. The number of sulfone groups is 1. The van der Waals surface area contributed by atoms with E-state index in [1.54, 1.807) is 6.20 Å². The quantitative estimate of drug-likeness (QED) is 0.841. The van der Waals surface area contributed by atoms with Crippen molar-refractivity contribution in [2.45, 2.75) is 45.7 Å². The highest BCUT2D eigenvalue weighted by atomic mass is 32.2. The van der Waals surface area contributed by atoms with Crippen LogP contribution in [0, 0.1) is 0 Å². The highest BCUT2D eigenvalue weighted by Gasteiger charge is 2.32. The molecule has 2 atom stereocenters. The predicted molar refractivity (Wildman–Crippen MR) is 83.3 cm³/mol. The minimum atomic E-state index is -2.91. The molecule has 0 amide bonds. The summed E-state index contributed by atoms with van der Waals surface area (Å²) in [5.74, 6) is 1.62. The van der Waals surface area contributed by atoms with E-state index < -0.39 is 9.84 Å². The van der Waals surface area contributed by atoms with Crippen LogP contribution in [-0.4, -0.2) is 53.7 Å². The molecule has 7 nitrogen and oxygen atoms in total. The molecule has 1 fully saturated rings. The third-order valence-corrected chi connectivity index (χ3v) is 5.57. The highest BCUT2D eigenvalue weighted by Crippen LogP contribution is 2.22. The van der Waals surface area contributed by atoms with Crippen molar-refractivity contribution >= 4 is 21.6 Å². The Kier molecular flexibility index (Phi) is 4.97. The van der Waals surface area contributed by atoms with Crippen LogP contribution in [0.15, 0.2) is 6.20 Å². The fourth-order valence-corrected chi connectivity index (χ4v) is 4.18. The Balaban J connectivity index is 2.17. The van der Waals surface area contributed by atoms with E-state index in [2.05, 4.69) is 34.3 Å². The van der Waals surface area contributed by atoms with Gasteiger partial charge in [0, 0.05) is 18.6 Å². The molecule has 118 valence electrons. The summed E-state index contributed by atoms with van der Waals surface area (Å²) in [5, 5.41) is 11.2. The zero-order valence-corrected chi connectivity index (χ0v) is 13.6. The maximum absolute atomic E-state index is 11.7. The van der Waals surface area contributed by atoms with Crippen LogP contribution < -0.4 is 10.2 Å². The lowest BCUT2D eigenvalue weighted by atomic mass is 10.2. The van der Waals surface area contributed by atoms with E-state index >= 15 is 0 Å². The van der Waals surface area contributed by atoms with Crippen molar-refractivity contribution in [1.29, 1.82) is 0 Å². The van der Waals surface area contributed by atoms with Gasteiger partial charge in [0.15, 0.2) is 15.7 Å². The smallest absolute Gasteiger partial charge is 0.244 e. The molecule has 2 unspecified atom stereocenters. The molecule has 1 aliphatic heterocycles. The highest BCUT2D eigenvalue weighted by molar-refractivity contribution is 7.91. The van der Waals surface area contributed by atoms with Gasteiger partial charge in [-0.15, -0.1) is 5.10 Å². The molecule has 8 heteroatoms. The van der Waals surface area contributed by atoms with Gasteiger partial charge in [0.05, 0.1) is 17.7 Å². The van der Waals surface area contributed by atoms with Crippen molar-refractivity contribution in [3.63, 3.8) is 0 Å². The zero-order chi connectivity index (χ0) is 15.5. The topological polar surface area (TPSA) is 88.1 Å². The molecular formula is C13H23N5O2S. The largest absolute Gasteiger partial charge is 0.351 e. The van der Waals surface area contributed by atoms with Crippen LogP contribution in [0.25, 0.3) is 0 Å². The second-order valence-electron chi connectivity index (χ2n) is 5.43. The maximum atomic E-state index is 11.7. The molecular weight excluding hydrogens is 290 g/mol. The number of nitrogens with one attached hydrogen (secondary N) is 1. The molecule has 0 aliphatic carbocycles. The van der Waals surface area contributed by atoms with E-state index in [4.69, 9.17) is 0 Å².